The zero-order valence-corrected chi connectivity index (χ0v) is 14.6. The normalized spacial score (nSPS) is 37.0. The van der Waals surface area contributed by atoms with Gasteiger partial charge in [-0.1, -0.05) is 0 Å². The molecule has 1 heterocycles. The molecule has 4 nitrogen and oxygen atoms in total. The molecule has 0 aliphatic heterocycles. The van der Waals surface area contributed by atoms with Gasteiger partial charge in [0, 0.05) is 19.8 Å². The summed E-state index contributed by atoms with van der Waals surface area (Å²) in [5, 5.41) is 7.46. The van der Waals surface area contributed by atoms with E-state index < -0.39 is 0 Å². The molecule has 0 aromatic carbocycles. The second kappa shape index (κ2) is 4.96. The molecule has 4 aliphatic carbocycles. The highest BCUT2D eigenvalue weighted by molar-refractivity contribution is 14.1. The Hall–Kier alpha value is -0.590. The molecule has 1 aromatic heterocycles. The number of hydrogen-bond donors (Lipinski definition) is 1. The largest absolute Gasteiger partial charge is 0.350 e. The van der Waals surface area contributed by atoms with Crippen molar-refractivity contribution >= 4 is 28.5 Å². The molecule has 1 aromatic rings. The summed E-state index contributed by atoms with van der Waals surface area (Å²) in [6.45, 7) is 0.849. The van der Waals surface area contributed by atoms with E-state index in [1.807, 2.05) is 13.2 Å². The highest BCUT2D eigenvalue weighted by Crippen LogP contribution is 2.59. The summed E-state index contributed by atoms with van der Waals surface area (Å²) >= 11 is 2.18. The van der Waals surface area contributed by atoms with Crippen LogP contribution in [0.4, 0.5) is 0 Å². The second-order valence-electron chi connectivity index (χ2n) is 7.60. The minimum atomic E-state index is -0.00394. The standard InChI is InChI=1S/C16H22IN3O/c1-20-8-13(17)14(19-20)15(21)18-9-16-5-10-2-11(6-16)4-12(3-10)7-16/h8,10-12H,2-7,9H2,1H3,(H,18,21). The van der Waals surface area contributed by atoms with E-state index in [0.29, 0.717) is 11.1 Å². The van der Waals surface area contributed by atoms with Crippen LogP contribution in [-0.4, -0.2) is 22.2 Å². The molecule has 0 atom stereocenters. The Morgan fingerprint density at radius 1 is 1.33 bits per heavy atom. The Morgan fingerprint density at radius 3 is 2.38 bits per heavy atom. The van der Waals surface area contributed by atoms with Gasteiger partial charge >= 0.3 is 0 Å². The Labute approximate surface area is 139 Å². The molecule has 21 heavy (non-hydrogen) atoms. The monoisotopic (exact) mass is 399 g/mol. The smallest absolute Gasteiger partial charge is 0.272 e. The van der Waals surface area contributed by atoms with Gasteiger partial charge in [-0.15, -0.1) is 0 Å². The highest BCUT2D eigenvalue weighted by atomic mass is 127. The van der Waals surface area contributed by atoms with E-state index in [1.165, 1.54) is 38.5 Å². The summed E-state index contributed by atoms with van der Waals surface area (Å²) in [7, 11) is 1.86. The molecule has 0 saturated heterocycles. The molecule has 0 unspecified atom stereocenters. The van der Waals surface area contributed by atoms with Gasteiger partial charge in [0.15, 0.2) is 5.69 Å². The Bertz CT molecular complexity index is 545. The average molecular weight is 399 g/mol. The zero-order valence-electron chi connectivity index (χ0n) is 12.4. The van der Waals surface area contributed by atoms with Crippen LogP contribution in [0.5, 0.6) is 0 Å². The first-order valence-corrected chi connectivity index (χ1v) is 9.08. The van der Waals surface area contributed by atoms with Crippen LogP contribution in [0.3, 0.4) is 0 Å². The quantitative estimate of drug-likeness (QED) is 0.795. The first-order chi connectivity index (χ1) is 10.0. The lowest BCUT2D eigenvalue weighted by molar-refractivity contribution is -0.0503. The molecule has 5 heteroatoms. The van der Waals surface area contributed by atoms with Gasteiger partial charge in [0.25, 0.3) is 5.91 Å². The summed E-state index contributed by atoms with van der Waals surface area (Å²) in [5.41, 5.74) is 0.966. The van der Waals surface area contributed by atoms with Crippen LogP contribution in [0.1, 0.15) is 49.0 Å². The maximum atomic E-state index is 12.4. The minimum Gasteiger partial charge on any atom is -0.350 e. The predicted molar refractivity (Wildman–Crippen MR) is 88.9 cm³/mol. The fourth-order valence-corrected chi connectivity index (χ4v) is 6.23. The van der Waals surface area contributed by atoms with Gasteiger partial charge in [0.05, 0.1) is 3.57 Å². The third-order valence-corrected chi connectivity index (χ3v) is 6.58. The molecule has 4 aliphatic rings. The van der Waals surface area contributed by atoms with Crippen molar-refractivity contribution in [1.29, 1.82) is 0 Å². The topological polar surface area (TPSA) is 46.9 Å². The molecular weight excluding hydrogens is 377 g/mol. The maximum Gasteiger partial charge on any atom is 0.272 e. The second-order valence-corrected chi connectivity index (χ2v) is 8.76. The van der Waals surface area contributed by atoms with Crippen LogP contribution in [0.25, 0.3) is 0 Å². The number of carbonyl (C=O) groups excluding carboxylic acids is 1. The van der Waals surface area contributed by atoms with Crippen molar-refractivity contribution in [1.82, 2.24) is 15.1 Å². The number of carbonyl (C=O) groups is 1. The van der Waals surface area contributed by atoms with Crippen LogP contribution >= 0.6 is 22.6 Å². The van der Waals surface area contributed by atoms with Gasteiger partial charge in [-0.25, -0.2) is 0 Å². The fraction of sp³-hybridized carbons (Fsp3) is 0.750. The summed E-state index contributed by atoms with van der Waals surface area (Å²) in [4.78, 5) is 12.4. The molecule has 4 bridgehead atoms. The lowest BCUT2D eigenvalue weighted by atomic mass is 9.49. The summed E-state index contributed by atoms with van der Waals surface area (Å²) < 4.78 is 2.64. The van der Waals surface area contributed by atoms with Crippen LogP contribution < -0.4 is 5.32 Å². The van der Waals surface area contributed by atoms with Crippen molar-refractivity contribution in [3.8, 4) is 0 Å². The molecule has 1 N–H and O–H groups in total. The Balaban J connectivity index is 1.45. The van der Waals surface area contributed by atoms with Crippen molar-refractivity contribution in [2.45, 2.75) is 38.5 Å². The Morgan fingerprint density at radius 2 is 1.90 bits per heavy atom. The number of aryl methyl sites for hydroxylation is 1. The maximum absolute atomic E-state index is 12.4. The zero-order chi connectivity index (χ0) is 14.6. The minimum absolute atomic E-state index is 0.00394. The van der Waals surface area contributed by atoms with E-state index in [-0.39, 0.29) is 5.91 Å². The number of hydrogen-bond acceptors (Lipinski definition) is 2. The van der Waals surface area contributed by atoms with Crippen molar-refractivity contribution in [2.75, 3.05) is 6.54 Å². The number of halogens is 1. The van der Waals surface area contributed by atoms with Gasteiger partial charge in [0.1, 0.15) is 0 Å². The predicted octanol–water partition coefficient (Wildman–Crippen LogP) is 2.97. The van der Waals surface area contributed by atoms with Gasteiger partial charge < -0.3 is 5.32 Å². The van der Waals surface area contributed by atoms with E-state index >= 15 is 0 Å². The fourth-order valence-electron chi connectivity index (χ4n) is 5.47. The molecule has 4 saturated carbocycles. The van der Waals surface area contributed by atoms with E-state index in [2.05, 4.69) is 33.0 Å². The number of nitrogens with one attached hydrogen (secondary N) is 1. The third-order valence-electron chi connectivity index (χ3n) is 5.79. The molecular formula is C16H22IN3O. The first-order valence-electron chi connectivity index (χ1n) is 8.00. The van der Waals surface area contributed by atoms with E-state index in [0.717, 1.165) is 27.9 Å². The summed E-state index contributed by atoms with van der Waals surface area (Å²) in [6, 6.07) is 0. The molecule has 5 rings (SSSR count). The van der Waals surface area contributed by atoms with Gasteiger partial charge in [0.2, 0.25) is 0 Å². The van der Waals surface area contributed by atoms with Crippen LogP contribution in [0.2, 0.25) is 0 Å². The van der Waals surface area contributed by atoms with Crippen LogP contribution in [-0.2, 0) is 7.05 Å². The number of nitrogens with zero attached hydrogens (tertiary/aromatic N) is 2. The number of amides is 1. The summed E-state index contributed by atoms with van der Waals surface area (Å²) in [5.74, 6) is 2.80. The van der Waals surface area contributed by atoms with Crippen LogP contribution in [0, 0.1) is 26.7 Å². The van der Waals surface area contributed by atoms with Crippen molar-refractivity contribution in [3.05, 3.63) is 15.5 Å². The molecule has 0 radical (unpaired) electrons. The SMILES string of the molecule is Cn1cc(I)c(C(=O)NCC23CC4CC(CC(C4)C2)C3)n1. The lowest BCUT2D eigenvalue weighted by Crippen LogP contribution is -2.51. The number of aromatic nitrogens is 2. The molecule has 0 spiro atoms. The Kier molecular flexibility index (Phi) is 3.32. The van der Waals surface area contributed by atoms with Gasteiger partial charge in [-0.05, 0) is 84.3 Å². The first kappa shape index (κ1) is 14.0. The lowest BCUT2D eigenvalue weighted by Gasteiger charge is -2.56. The third kappa shape index (κ3) is 2.51. The molecule has 4 fully saturated rings. The van der Waals surface area contributed by atoms with Crippen molar-refractivity contribution in [2.24, 2.45) is 30.2 Å². The number of rotatable bonds is 3. The van der Waals surface area contributed by atoms with E-state index in [9.17, 15) is 4.79 Å². The molecule has 1 amide bonds. The summed E-state index contributed by atoms with van der Waals surface area (Å²) in [6.07, 6.45) is 10.2. The average Bonchev–Trinajstić information content (AvgIpc) is 2.74. The molecule has 114 valence electrons. The highest BCUT2D eigenvalue weighted by Gasteiger charge is 2.50. The van der Waals surface area contributed by atoms with Gasteiger partial charge in [-0.2, -0.15) is 5.10 Å². The van der Waals surface area contributed by atoms with Gasteiger partial charge in [-0.3, -0.25) is 9.48 Å². The van der Waals surface area contributed by atoms with E-state index in [1.54, 1.807) is 4.68 Å². The van der Waals surface area contributed by atoms with E-state index in [4.69, 9.17) is 0 Å². The van der Waals surface area contributed by atoms with Crippen molar-refractivity contribution in [3.63, 3.8) is 0 Å². The van der Waals surface area contributed by atoms with Crippen LogP contribution in [0.15, 0.2) is 6.20 Å². The van der Waals surface area contributed by atoms with Crippen molar-refractivity contribution < 1.29 is 4.79 Å².